The molecule has 1 heterocycles. The second-order valence-electron chi connectivity index (χ2n) is 6.54. The summed E-state index contributed by atoms with van der Waals surface area (Å²) in [5.74, 6) is 1.24. The smallest absolute Gasteiger partial charge is 0.128 e. The number of benzene rings is 2. The van der Waals surface area contributed by atoms with Crippen molar-refractivity contribution in [2.24, 2.45) is 5.73 Å². The molecule has 0 amide bonds. The molecule has 0 saturated heterocycles. The Morgan fingerprint density at radius 3 is 2.50 bits per heavy atom. The van der Waals surface area contributed by atoms with E-state index in [1.807, 2.05) is 43.0 Å². The normalized spacial score (nSPS) is 16.0. The lowest BCUT2D eigenvalue weighted by Gasteiger charge is -2.29. The van der Waals surface area contributed by atoms with Crippen molar-refractivity contribution < 1.29 is 9.47 Å². The Labute approximate surface area is 178 Å². The summed E-state index contributed by atoms with van der Waals surface area (Å²) in [6.07, 6.45) is -0.0524. The molecule has 6 heteroatoms. The first kappa shape index (κ1) is 22.7. The van der Waals surface area contributed by atoms with E-state index in [1.165, 1.54) is 0 Å². The van der Waals surface area contributed by atoms with Crippen LogP contribution in [-0.2, 0) is 4.74 Å². The van der Waals surface area contributed by atoms with Crippen molar-refractivity contribution in [1.82, 2.24) is 0 Å². The predicted octanol–water partition coefficient (Wildman–Crippen LogP) is 4.50. The second kappa shape index (κ2) is 10.8. The molecule has 0 saturated carbocycles. The SMILES string of the molecule is C=C.CC1OCC(N(c2ccc(Oc3cccc(C#N)c3)cc2)C(C)C#N)=C1CN. The summed E-state index contributed by atoms with van der Waals surface area (Å²) < 4.78 is 11.6. The fourth-order valence-corrected chi connectivity index (χ4v) is 3.25. The fourth-order valence-electron chi connectivity index (χ4n) is 3.25. The van der Waals surface area contributed by atoms with Crippen LogP contribution in [0, 0.1) is 22.7 Å². The zero-order chi connectivity index (χ0) is 22.1. The van der Waals surface area contributed by atoms with E-state index in [1.54, 1.807) is 24.3 Å². The molecule has 0 aromatic heterocycles. The standard InChI is InChI=1S/C22H22N4O2.C2H4/c1-15(11-23)26(22-14-27-16(2)21(22)13-25)18-6-8-19(9-7-18)28-20-5-3-4-17(10-20)12-24;1-2/h3-10,15-16H,13-14,25H2,1-2H3;1-2H2. The molecular formula is C24H26N4O2. The third kappa shape index (κ3) is 5.07. The predicted molar refractivity (Wildman–Crippen MR) is 118 cm³/mol. The number of hydrogen-bond acceptors (Lipinski definition) is 6. The van der Waals surface area contributed by atoms with Gasteiger partial charge in [0.05, 0.1) is 30.4 Å². The number of nitriles is 2. The lowest BCUT2D eigenvalue weighted by Crippen LogP contribution is -2.33. The van der Waals surface area contributed by atoms with E-state index in [9.17, 15) is 5.26 Å². The van der Waals surface area contributed by atoms with Crippen LogP contribution in [0.15, 0.2) is 73.0 Å². The van der Waals surface area contributed by atoms with E-state index < -0.39 is 0 Å². The van der Waals surface area contributed by atoms with E-state index >= 15 is 0 Å². The van der Waals surface area contributed by atoms with Crippen LogP contribution in [0.5, 0.6) is 11.5 Å². The van der Waals surface area contributed by atoms with Gasteiger partial charge in [-0.3, -0.25) is 0 Å². The molecule has 0 spiro atoms. The third-order valence-corrected chi connectivity index (χ3v) is 4.73. The van der Waals surface area contributed by atoms with Gasteiger partial charge >= 0.3 is 0 Å². The zero-order valence-corrected chi connectivity index (χ0v) is 17.3. The molecule has 0 fully saturated rings. The van der Waals surface area contributed by atoms with Crippen LogP contribution in [0.3, 0.4) is 0 Å². The van der Waals surface area contributed by atoms with Gasteiger partial charge in [-0.15, -0.1) is 13.2 Å². The highest BCUT2D eigenvalue weighted by atomic mass is 16.5. The highest BCUT2D eigenvalue weighted by molar-refractivity contribution is 5.58. The number of nitrogens with zero attached hydrogens (tertiary/aromatic N) is 3. The van der Waals surface area contributed by atoms with Crippen LogP contribution in [-0.4, -0.2) is 25.3 Å². The maximum Gasteiger partial charge on any atom is 0.128 e. The molecule has 30 heavy (non-hydrogen) atoms. The first-order chi connectivity index (χ1) is 14.6. The van der Waals surface area contributed by atoms with Crippen LogP contribution < -0.4 is 15.4 Å². The van der Waals surface area contributed by atoms with E-state index in [2.05, 4.69) is 25.3 Å². The quantitative estimate of drug-likeness (QED) is 0.715. The second-order valence-corrected chi connectivity index (χ2v) is 6.54. The van der Waals surface area contributed by atoms with Gasteiger partial charge in [0.15, 0.2) is 0 Å². The van der Waals surface area contributed by atoms with Crippen molar-refractivity contribution in [3.05, 3.63) is 78.5 Å². The minimum Gasteiger partial charge on any atom is -0.457 e. The minimum absolute atomic E-state index is 0.0524. The molecule has 154 valence electrons. The average Bonchev–Trinajstić information content (AvgIpc) is 3.16. The van der Waals surface area contributed by atoms with Gasteiger partial charge in [0.2, 0.25) is 0 Å². The number of ether oxygens (including phenoxy) is 2. The molecule has 2 N–H and O–H groups in total. The van der Waals surface area contributed by atoms with Gasteiger partial charge in [0, 0.05) is 17.9 Å². The van der Waals surface area contributed by atoms with E-state index in [0.29, 0.717) is 30.2 Å². The van der Waals surface area contributed by atoms with Gasteiger partial charge in [-0.1, -0.05) is 6.07 Å². The monoisotopic (exact) mass is 402 g/mol. The third-order valence-electron chi connectivity index (χ3n) is 4.73. The van der Waals surface area contributed by atoms with Crippen molar-refractivity contribution in [2.75, 3.05) is 18.1 Å². The summed E-state index contributed by atoms with van der Waals surface area (Å²) in [5.41, 5.74) is 9.28. The van der Waals surface area contributed by atoms with Crippen molar-refractivity contribution in [3.8, 4) is 23.6 Å². The van der Waals surface area contributed by atoms with E-state index in [0.717, 1.165) is 17.0 Å². The van der Waals surface area contributed by atoms with Gasteiger partial charge in [0.25, 0.3) is 0 Å². The molecule has 2 aromatic rings. The fraction of sp³-hybridized carbons (Fsp3) is 0.250. The molecule has 0 aliphatic carbocycles. The molecule has 0 bridgehead atoms. The van der Waals surface area contributed by atoms with Crippen LogP contribution >= 0.6 is 0 Å². The summed E-state index contributed by atoms with van der Waals surface area (Å²) in [6.45, 7) is 10.6. The van der Waals surface area contributed by atoms with Gasteiger partial charge < -0.3 is 20.1 Å². The number of hydrogen-bond donors (Lipinski definition) is 1. The lowest BCUT2D eigenvalue weighted by molar-refractivity contribution is 0.132. The van der Waals surface area contributed by atoms with Gasteiger partial charge in [-0.25, -0.2) is 0 Å². The largest absolute Gasteiger partial charge is 0.457 e. The number of nitrogens with two attached hydrogens (primary N) is 1. The Balaban J connectivity index is 0.00000155. The highest BCUT2D eigenvalue weighted by Gasteiger charge is 2.29. The van der Waals surface area contributed by atoms with Gasteiger partial charge in [0.1, 0.15) is 17.5 Å². The van der Waals surface area contributed by atoms with Crippen LogP contribution in [0.4, 0.5) is 5.69 Å². The average molecular weight is 402 g/mol. The first-order valence-corrected chi connectivity index (χ1v) is 9.58. The molecule has 3 rings (SSSR count). The van der Waals surface area contributed by atoms with Crippen molar-refractivity contribution in [1.29, 1.82) is 10.5 Å². The molecule has 2 unspecified atom stereocenters. The van der Waals surface area contributed by atoms with Crippen LogP contribution in [0.25, 0.3) is 0 Å². The summed E-state index contributed by atoms with van der Waals surface area (Å²) in [6, 6.07) is 18.5. The summed E-state index contributed by atoms with van der Waals surface area (Å²) in [5, 5.41) is 18.5. The Hall–Kier alpha value is -3.58. The molecule has 2 atom stereocenters. The maximum absolute atomic E-state index is 9.51. The van der Waals surface area contributed by atoms with Crippen LogP contribution in [0.2, 0.25) is 0 Å². The molecule has 2 aromatic carbocycles. The summed E-state index contributed by atoms with van der Waals surface area (Å²) in [4.78, 5) is 1.96. The van der Waals surface area contributed by atoms with Crippen LogP contribution in [0.1, 0.15) is 19.4 Å². The Morgan fingerprint density at radius 1 is 1.20 bits per heavy atom. The maximum atomic E-state index is 9.51. The van der Waals surface area contributed by atoms with E-state index in [-0.39, 0.29) is 12.1 Å². The van der Waals surface area contributed by atoms with Crippen molar-refractivity contribution in [3.63, 3.8) is 0 Å². The highest BCUT2D eigenvalue weighted by Crippen LogP contribution is 2.32. The topological polar surface area (TPSA) is 95.3 Å². The van der Waals surface area contributed by atoms with Gasteiger partial charge in [-0.05, 0) is 61.9 Å². The molecular weight excluding hydrogens is 376 g/mol. The zero-order valence-electron chi connectivity index (χ0n) is 17.3. The Kier molecular flexibility index (Phi) is 8.19. The van der Waals surface area contributed by atoms with E-state index in [4.69, 9.17) is 20.5 Å². The van der Waals surface area contributed by atoms with Gasteiger partial charge in [-0.2, -0.15) is 10.5 Å². The molecule has 0 radical (unpaired) electrons. The number of anilines is 1. The molecule has 6 nitrogen and oxygen atoms in total. The molecule has 1 aliphatic heterocycles. The molecule has 1 aliphatic rings. The summed E-state index contributed by atoms with van der Waals surface area (Å²) >= 11 is 0. The minimum atomic E-state index is -0.371. The van der Waals surface area contributed by atoms with Crippen molar-refractivity contribution in [2.45, 2.75) is 26.0 Å². The first-order valence-electron chi connectivity index (χ1n) is 9.58. The Morgan fingerprint density at radius 2 is 1.90 bits per heavy atom. The summed E-state index contributed by atoms with van der Waals surface area (Å²) in [7, 11) is 0. The van der Waals surface area contributed by atoms with Crippen molar-refractivity contribution >= 4 is 5.69 Å². The number of rotatable bonds is 6. The Bertz CT molecular complexity index is 970. The lowest BCUT2D eigenvalue weighted by atomic mass is 10.1.